The third kappa shape index (κ3) is 4.63. The van der Waals surface area contributed by atoms with E-state index < -0.39 is 9.84 Å². The van der Waals surface area contributed by atoms with Crippen molar-refractivity contribution in [2.75, 3.05) is 23.8 Å². The third-order valence-corrected chi connectivity index (χ3v) is 7.59. The second-order valence-electron chi connectivity index (χ2n) is 6.79. The molecule has 0 saturated carbocycles. The second kappa shape index (κ2) is 8.60. The van der Waals surface area contributed by atoms with E-state index in [0.717, 1.165) is 35.6 Å². The lowest BCUT2D eigenvalue weighted by Gasteiger charge is -2.28. The number of rotatable bonds is 8. The van der Waals surface area contributed by atoms with Crippen LogP contribution in [0.25, 0.3) is 11.0 Å². The van der Waals surface area contributed by atoms with Gasteiger partial charge in [0, 0.05) is 25.3 Å². The average Bonchev–Trinajstić information content (AvgIpc) is 3.19. The Labute approximate surface area is 164 Å². The molecule has 3 heterocycles. The Hall–Kier alpha value is -1.61. The van der Waals surface area contributed by atoms with E-state index in [-0.39, 0.29) is 29.2 Å². The molecule has 0 radical (unpaired) electrons. The smallest absolute Gasteiger partial charge is 0.233 e. The Kier molecular flexibility index (Phi) is 6.41. The normalized spacial score (nSPS) is 18.8. The van der Waals surface area contributed by atoms with E-state index in [2.05, 4.69) is 21.5 Å². The zero-order valence-corrected chi connectivity index (χ0v) is 17.4. The number of fused-ring (bicyclic) bond motifs is 1. The van der Waals surface area contributed by atoms with Gasteiger partial charge in [0.15, 0.2) is 15.0 Å². The zero-order chi connectivity index (χ0) is 19.4. The summed E-state index contributed by atoms with van der Waals surface area (Å²) in [6.07, 6.45) is 5.86. The number of aromatic nitrogens is 3. The van der Waals surface area contributed by atoms with Crippen molar-refractivity contribution in [3.63, 3.8) is 0 Å². The summed E-state index contributed by atoms with van der Waals surface area (Å²) in [5, 5.41) is 0.795. The maximum atomic E-state index is 12.9. The van der Waals surface area contributed by atoms with Crippen molar-refractivity contribution in [3.05, 3.63) is 18.5 Å². The van der Waals surface area contributed by atoms with Crippen LogP contribution in [0.4, 0.5) is 0 Å². The molecule has 7 nitrogen and oxygen atoms in total. The van der Waals surface area contributed by atoms with Gasteiger partial charge < -0.3 is 9.47 Å². The molecule has 148 valence electrons. The summed E-state index contributed by atoms with van der Waals surface area (Å²) in [7, 11) is -3.02. The van der Waals surface area contributed by atoms with Gasteiger partial charge in [0.05, 0.1) is 29.0 Å². The van der Waals surface area contributed by atoms with E-state index in [9.17, 15) is 13.2 Å². The van der Waals surface area contributed by atoms with Crippen LogP contribution in [0, 0.1) is 0 Å². The number of pyridine rings is 1. The molecule has 2 aromatic rings. The largest absolute Gasteiger partial charge is 0.338 e. The fourth-order valence-electron chi connectivity index (χ4n) is 3.45. The first-order chi connectivity index (χ1) is 12.9. The quantitative estimate of drug-likeness (QED) is 0.621. The Morgan fingerprint density at radius 3 is 2.89 bits per heavy atom. The summed E-state index contributed by atoms with van der Waals surface area (Å²) in [6.45, 7) is 5.49. The molecule has 1 aliphatic rings. The third-order valence-electron chi connectivity index (χ3n) is 4.88. The van der Waals surface area contributed by atoms with Gasteiger partial charge in [-0.25, -0.2) is 13.4 Å². The predicted octanol–water partition coefficient (Wildman–Crippen LogP) is 2.36. The molecule has 1 amide bonds. The maximum Gasteiger partial charge on any atom is 0.233 e. The fourth-order valence-corrected chi connectivity index (χ4v) is 6.14. The van der Waals surface area contributed by atoms with Crippen molar-refractivity contribution >= 4 is 38.5 Å². The van der Waals surface area contributed by atoms with E-state index in [0.29, 0.717) is 13.0 Å². The monoisotopic (exact) mass is 410 g/mol. The van der Waals surface area contributed by atoms with Crippen LogP contribution >= 0.6 is 11.8 Å². The van der Waals surface area contributed by atoms with Crippen molar-refractivity contribution in [2.24, 2.45) is 0 Å². The number of carbonyl (C=O) groups excluding carboxylic acids is 1. The summed E-state index contributed by atoms with van der Waals surface area (Å²) in [5.41, 5.74) is 1.83. The van der Waals surface area contributed by atoms with E-state index >= 15 is 0 Å². The molecule has 1 saturated heterocycles. The van der Waals surface area contributed by atoms with Gasteiger partial charge in [0.25, 0.3) is 0 Å². The summed E-state index contributed by atoms with van der Waals surface area (Å²) in [4.78, 5) is 23.4. The predicted molar refractivity (Wildman–Crippen MR) is 108 cm³/mol. The van der Waals surface area contributed by atoms with Crippen LogP contribution in [0.2, 0.25) is 0 Å². The highest BCUT2D eigenvalue weighted by Crippen LogP contribution is 2.25. The highest BCUT2D eigenvalue weighted by atomic mass is 32.2. The molecule has 1 aliphatic heterocycles. The van der Waals surface area contributed by atoms with Crippen molar-refractivity contribution < 1.29 is 13.2 Å². The molecule has 1 atom stereocenters. The first kappa shape index (κ1) is 20.1. The Bertz CT molecular complexity index is 910. The number of thioether (sulfide) groups is 1. The van der Waals surface area contributed by atoms with Crippen LogP contribution < -0.4 is 0 Å². The number of carbonyl (C=O) groups is 1. The van der Waals surface area contributed by atoms with E-state index in [1.54, 1.807) is 17.3 Å². The first-order valence-electron chi connectivity index (χ1n) is 9.38. The number of unbranched alkanes of at least 4 members (excludes halogenated alkanes) is 1. The average molecular weight is 411 g/mol. The van der Waals surface area contributed by atoms with E-state index in [1.807, 2.05) is 13.0 Å². The molecule has 27 heavy (non-hydrogen) atoms. The Balaban J connectivity index is 1.72. The summed E-state index contributed by atoms with van der Waals surface area (Å²) < 4.78 is 25.8. The standard InChI is InChI=1S/C18H26N4O3S2/c1-3-5-9-22(14-7-10-27(24,25)13-14)17(23)12-26-18-20-15-11-19-8-6-16(15)21(18)4-2/h6,8,11,14H,3-5,7,9-10,12-13H2,1-2H3. The number of nitrogens with zero attached hydrogens (tertiary/aromatic N) is 4. The van der Waals surface area contributed by atoms with Gasteiger partial charge in [-0.05, 0) is 25.8 Å². The second-order valence-corrected chi connectivity index (χ2v) is 9.96. The van der Waals surface area contributed by atoms with Gasteiger partial charge in [-0.2, -0.15) is 0 Å². The van der Waals surface area contributed by atoms with Gasteiger partial charge in [-0.1, -0.05) is 25.1 Å². The van der Waals surface area contributed by atoms with Crippen LogP contribution in [0.3, 0.4) is 0 Å². The Morgan fingerprint density at radius 2 is 2.22 bits per heavy atom. The number of sulfone groups is 1. The zero-order valence-electron chi connectivity index (χ0n) is 15.8. The highest BCUT2D eigenvalue weighted by molar-refractivity contribution is 7.99. The number of hydrogen-bond donors (Lipinski definition) is 0. The number of imidazole rings is 1. The molecule has 2 aromatic heterocycles. The molecule has 0 spiro atoms. The van der Waals surface area contributed by atoms with Gasteiger partial charge in [-0.3, -0.25) is 9.78 Å². The molecular weight excluding hydrogens is 384 g/mol. The lowest BCUT2D eigenvalue weighted by atomic mass is 10.2. The van der Waals surface area contributed by atoms with E-state index in [4.69, 9.17) is 0 Å². The molecule has 0 bridgehead atoms. The van der Waals surface area contributed by atoms with Crippen molar-refractivity contribution in [1.82, 2.24) is 19.4 Å². The summed E-state index contributed by atoms with van der Waals surface area (Å²) in [6, 6.07) is 1.73. The van der Waals surface area contributed by atoms with Crippen LogP contribution in [0.1, 0.15) is 33.1 Å². The lowest BCUT2D eigenvalue weighted by Crippen LogP contribution is -2.42. The lowest BCUT2D eigenvalue weighted by molar-refractivity contribution is -0.130. The van der Waals surface area contributed by atoms with Gasteiger partial charge in [-0.15, -0.1) is 0 Å². The summed E-state index contributed by atoms with van der Waals surface area (Å²) in [5.74, 6) is 0.520. The van der Waals surface area contributed by atoms with Crippen molar-refractivity contribution in [2.45, 2.75) is 50.9 Å². The van der Waals surface area contributed by atoms with Crippen LogP contribution in [0.5, 0.6) is 0 Å². The topological polar surface area (TPSA) is 85.2 Å². The molecule has 1 unspecified atom stereocenters. The first-order valence-corrected chi connectivity index (χ1v) is 12.2. The molecule has 0 aromatic carbocycles. The molecule has 3 rings (SSSR count). The maximum absolute atomic E-state index is 12.9. The van der Waals surface area contributed by atoms with Crippen molar-refractivity contribution in [1.29, 1.82) is 0 Å². The molecule has 9 heteroatoms. The molecule has 1 fully saturated rings. The van der Waals surface area contributed by atoms with Crippen LogP contribution in [-0.2, 0) is 21.2 Å². The minimum Gasteiger partial charge on any atom is -0.338 e. The minimum atomic E-state index is -3.02. The number of hydrogen-bond acceptors (Lipinski definition) is 6. The van der Waals surface area contributed by atoms with E-state index in [1.165, 1.54) is 11.8 Å². The number of amides is 1. The number of aryl methyl sites for hydroxylation is 1. The Morgan fingerprint density at radius 1 is 1.41 bits per heavy atom. The highest BCUT2D eigenvalue weighted by Gasteiger charge is 2.34. The van der Waals surface area contributed by atoms with Crippen LogP contribution in [0.15, 0.2) is 23.6 Å². The summed E-state index contributed by atoms with van der Waals surface area (Å²) >= 11 is 1.41. The SMILES string of the molecule is CCCCN(C(=O)CSc1nc2cnccc2n1CC)C1CCS(=O)(=O)C1. The van der Waals surface area contributed by atoms with Crippen LogP contribution in [-0.4, -0.2) is 63.6 Å². The van der Waals surface area contributed by atoms with Gasteiger partial charge in [0.2, 0.25) is 5.91 Å². The van der Waals surface area contributed by atoms with Gasteiger partial charge >= 0.3 is 0 Å². The molecule has 0 aliphatic carbocycles. The minimum absolute atomic E-state index is 0.0108. The molecular formula is C18H26N4O3S2. The molecule has 0 N–H and O–H groups in total. The van der Waals surface area contributed by atoms with Crippen molar-refractivity contribution in [3.8, 4) is 0 Å². The fraction of sp³-hybridized carbons (Fsp3) is 0.611. The van der Waals surface area contributed by atoms with Gasteiger partial charge in [0.1, 0.15) is 5.52 Å².